The van der Waals surface area contributed by atoms with Crippen LogP contribution in [0.3, 0.4) is 0 Å². The number of rotatable bonds is 8. The highest BCUT2D eigenvalue weighted by atomic mass is 16.5. The number of hydrogen-bond donors (Lipinski definition) is 1. The smallest absolute Gasteiger partial charge is 0.269 e. The highest BCUT2D eigenvalue weighted by molar-refractivity contribution is 6.05. The Labute approximate surface area is 234 Å². The molecule has 1 N–H and O–H groups in total. The first kappa shape index (κ1) is 27.2. The number of carbonyl (C=O) groups excluding carboxylic acids is 2. The first-order valence-corrected chi connectivity index (χ1v) is 13.6. The molecule has 2 amide bonds. The van der Waals surface area contributed by atoms with Crippen molar-refractivity contribution < 1.29 is 14.3 Å². The lowest BCUT2D eigenvalue weighted by Gasteiger charge is -2.28. The van der Waals surface area contributed by atoms with Crippen molar-refractivity contribution in [3.63, 3.8) is 0 Å². The van der Waals surface area contributed by atoms with Crippen LogP contribution >= 0.6 is 0 Å². The highest BCUT2D eigenvalue weighted by Crippen LogP contribution is 2.40. The van der Waals surface area contributed by atoms with Crippen molar-refractivity contribution in [3.05, 3.63) is 71.7 Å². The number of hydrogen-bond acceptors (Lipinski definition) is 5. The number of carbonyl (C=O) groups is 2. The van der Waals surface area contributed by atoms with Gasteiger partial charge in [-0.25, -0.2) is 0 Å². The third kappa shape index (κ3) is 5.50. The SMILES string of the molecule is COc1ccc(C(C)C)cc1-c1cc(C2=CCCN(C(=O)CCn3ccnn3)C2)cc2[nH]c(C(=O)N(C)C)cc12. The number of aromatic amines is 1. The second kappa shape index (κ2) is 11.4. The van der Waals surface area contributed by atoms with Crippen molar-refractivity contribution in [2.45, 2.75) is 39.2 Å². The fourth-order valence-corrected chi connectivity index (χ4v) is 5.18. The maximum absolute atomic E-state index is 13.1. The third-order valence-electron chi connectivity index (χ3n) is 7.46. The molecule has 0 spiro atoms. The van der Waals surface area contributed by atoms with Crippen LogP contribution in [-0.4, -0.2) is 75.9 Å². The van der Waals surface area contributed by atoms with Gasteiger partial charge in [-0.15, -0.1) is 5.10 Å². The number of nitrogens with one attached hydrogen (secondary N) is 1. The van der Waals surface area contributed by atoms with E-state index in [1.54, 1.807) is 43.2 Å². The topological polar surface area (TPSA) is 96.3 Å². The maximum atomic E-state index is 13.1. The quantitative estimate of drug-likeness (QED) is 0.341. The number of aryl methyl sites for hydroxylation is 1. The molecule has 2 aromatic carbocycles. The van der Waals surface area contributed by atoms with Gasteiger partial charge in [0.1, 0.15) is 11.4 Å². The van der Waals surface area contributed by atoms with E-state index in [1.807, 2.05) is 17.0 Å². The molecule has 0 radical (unpaired) electrons. The number of aromatic nitrogens is 4. The molecule has 0 saturated heterocycles. The van der Waals surface area contributed by atoms with Crippen LogP contribution in [0.2, 0.25) is 0 Å². The van der Waals surface area contributed by atoms with Crippen molar-refractivity contribution in [1.82, 2.24) is 29.8 Å². The number of methoxy groups -OCH3 is 1. The van der Waals surface area contributed by atoms with E-state index in [0.29, 0.717) is 37.7 Å². The van der Waals surface area contributed by atoms with E-state index in [2.05, 4.69) is 59.5 Å². The number of ether oxygens (including phenoxy) is 1. The van der Waals surface area contributed by atoms with Crippen LogP contribution in [0.25, 0.3) is 27.6 Å². The van der Waals surface area contributed by atoms with E-state index in [-0.39, 0.29) is 11.8 Å². The molecule has 2 aromatic heterocycles. The number of benzene rings is 2. The number of nitrogens with zero attached hydrogens (tertiary/aromatic N) is 5. The van der Waals surface area contributed by atoms with Crippen molar-refractivity contribution in [2.24, 2.45) is 0 Å². The molecule has 0 aliphatic carbocycles. The predicted octanol–water partition coefficient (Wildman–Crippen LogP) is 4.97. The Hall–Kier alpha value is -4.40. The van der Waals surface area contributed by atoms with E-state index >= 15 is 0 Å². The fourth-order valence-electron chi connectivity index (χ4n) is 5.18. The number of amides is 2. The first-order valence-electron chi connectivity index (χ1n) is 13.6. The molecule has 1 aliphatic rings. The van der Waals surface area contributed by atoms with Gasteiger partial charge in [0.05, 0.1) is 19.9 Å². The molecule has 0 bridgehead atoms. The van der Waals surface area contributed by atoms with Crippen LogP contribution in [-0.2, 0) is 11.3 Å². The van der Waals surface area contributed by atoms with Gasteiger partial charge in [0.2, 0.25) is 5.91 Å². The minimum absolute atomic E-state index is 0.0902. The van der Waals surface area contributed by atoms with Crippen LogP contribution < -0.4 is 4.74 Å². The molecule has 9 heteroatoms. The summed E-state index contributed by atoms with van der Waals surface area (Å²) in [7, 11) is 5.17. The van der Waals surface area contributed by atoms with Gasteiger partial charge in [-0.1, -0.05) is 31.2 Å². The van der Waals surface area contributed by atoms with E-state index in [4.69, 9.17) is 4.74 Å². The summed E-state index contributed by atoms with van der Waals surface area (Å²) >= 11 is 0. The fraction of sp³-hybridized carbons (Fsp3) is 0.355. The van der Waals surface area contributed by atoms with Gasteiger partial charge >= 0.3 is 0 Å². The normalized spacial score (nSPS) is 13.6. The molecule has 1 aliphatic heterocycles. The zero-order valence-corrected chi connectivity index (χ0v) is 23.8. The number of fused-ring (bicyclic) bond motifs is 1. The molecule has 3 heterocycles. The standard InChI is InChI=1S/C31H36N6O3/c1-20(2)21-8-9-29(40-5)26(15-21)24-16-23(17-27-25(24)18-28(33-27)31(39)35(3)4)22-7-6-12-36(19-22)30(38)10-13-37-14-11-32-34-37/h7-9,11,14-18,20,33H,6,10,12-13,19H2,1-5H3. The van der Waals surface area contributed by atoms with Gasteiger partial charge in [0.25, 0.3) is 5.91 Å². The van der Waals surface area contributed by atoms with Crippen LogP contribution in [0.5, 0.6) is 5.75 Å². The maximum Gasteiger partial charge on any atom is 0.269 e. The van der Waals surface area contributed by atoms with Gasteiger partial charge in [0.15, 0.2) is 0 Å². The molecule has 0 saturated carbocycles. The van der Waals surface area contributed by atoms with Gasteiger partial charge in [-0.3, -0.25) is 14.3 Å². The van der Waals surface area contributed by atoms with Crippen LogP contribution in [0.15, 0.2) is 54.9 Å². The summed E-state index contributed by atoms with van der Waals surface area (Å²) < 4.78 is 7.48. The average molecular weight is 541 g/mol. The second-order valence-electron chi connectivity index (χ2n) is 10.7. The molecular weight excluding hydrogens is 504 g/mol. The minimum atomic E-state index is -0.0902. The van der Waals surface area contributed by atoms with Crippen molar-refractivity contribution in [1.29, 1.82) is 0 Å². The first-order chi connectivity index (χ1) is 19.2. The van der Waals surface area contributed by atoms with Gasteiger partial charge in [-0.2, -0.15) is 0 Å². The van der Waals surface area contributed by atoms with Gasteiger partial charge in [-0.05, 0) is 64.9 Å². The summed E-state index contributed by atoms with van der Waals surface area (Å²) in [5.41, 5.74) is 6.65. The molecular formula is C31H36N6O3. The third-order valence-corrected chi connectivity index (χ3v) is 7.46. The summed E-state index contributed by atoms with van der Waals surface area (Å²) in [6.07, 6.45) is 6.73. The second-order valence-corrected chi connectivity index (χ2v) is 10.7. The van der Waals surface area contributed by atoms with Crippen LogP contribution in [0.1, 0.15) is 54.2 Å². The Bertz CT molecular complexity index is 1570. The predicted molar refractivity (Wildman–Crippen MR) is 156 cm³/mol. The highest BCUT2D eigenvalue weighted by Gasteiger charge is 2.22. The zero-order chi connectivity index (χ0) is 28.4. The van der Waals surface area contributed by atoms with Crippen LogP contribution in [0.4, 0.5) is 0 Å². The average Bonchev–Trinajstić information content (AvgIpc) is 3.64. The van der Waals surface area contributed by atoms with E-state index < -0.39 is 0 Å². The minimum Gasteiger partial charge on any atom is -0.496 e. The summed E-state index contributed by atoms with van der Waals surface area (Å²) in [5, 5.41) is 8.73. The molecule has 5 rings (SSSR count). The van der Waals surface area contributed by atoms with E-state index in [9.17, 15) is 9.59 Å². The summed E-state index contributed by atoms with van der Waals surface area (Å²) in [6.45, 7) is 6.05. The molecule has 0 unspecified atom stereocenters. The molecule has 0 atom stereocenters. The van der Waals surface area contributed by atoms with E-state index in [0.717, 1.165) is 45.3 Å². The Kier molecular flexibility index (Phi) is 7.73. The lowest BCUT2D eigenvalue weighted by molar-refractivity contribution is -0.131. The largest absolute Gasteiger partial charge is 0.496 e. The lowest BCUT2D eigenvalue weighted by atomic mass is 9.91. The molecule has 40 heavy (non-hydrogen) atoms. The number of H-pyrrole nitrogens is 1. The van der Waals surface area contributed by atoms with Crippen molar-refractivity contribution >= 4 is 28.3 Å². The van der Waals surface area contributed by atoms with Gasteiger partial charge < -0.3 is 19.5 Å². The molecule has 4 aromatic rings. The van der Waals surface area contributed by atoms with Crippen molar-refractivity contribution in [3.8, 4) is 16.9 Å². The van der Waals surface area contributed by atoms with Crippen LogP contribution in [0, 0.1) is 0 Å². The molecule has 208 valence electrons. The Morgan fingerprint density at radius 3 is 2.65 bits per heavy atom. The lowest BCUT2D eigenvalue weighted by Crippen LogP contribution is -2.35. The summed E-state index contributed by atoms with van der Waals surface area (Å²) in [6, 6.07) is 12.5. The Morgan fingerprint density at radius 1 is 1.12 bits per heavy atom. The molecule has 0 fully saturated rings. The Balaban J connectivity index is 1.55. The Morgan fingerprint density at radius 2 is 1.95 bits per heavy atom. The summed E-state index contributed by atoms with van der Waals surface area (Å²) in [4.78, 5) is 32.8. The van der Waals surface area contributed by atoms with Crippen molar-refractivity contribution in [2.75, 3.05) is 34.3 Å². The zero-order valence-electron chi connectivity index (χ0n) is 23.8. The molecule has 9 nitrogen and oxygen atoms in total. The van der Waals surface area contributed by atoms with E-state index in [1.165, 1.54) is 5.56 Å². The van der Waals surface area contributed by atoms with Gasteiger partial charge in [0, 0.05) is 56.3 Å². The summed E-state index contributed by atoms with van der Waals surface area (Å²) in [5.74, 6) is 1.12. The monoisotopic (exact) mass is 540 g/mol.